The minimum absolute atomic E-state index is 0.00359. The van der Waals surface area contributed by atoms with Crippen molar-refractivity contribution in [3.8, 4) is 11.8 Å². The highest BCUT2D eigenvalue weighted by atomic mass is 35.5. The summed E-state index contributed by atoms with van der Waals surface area (Å²) in [4.78, 5) is 24.2. The van der Waals surface area contributed by atoms with Crippen LogP contribution in [0, 0.1) is 23.7 Å². The third-order valence-corrected chi connectivity index (χ3v) is 6.38. The van der Waals surface area contributed by atoms with E-state index < -0.39 is 5.97 Å². The lowest BCUT2D eigenvalue weighted by atomic mass is 9.94. The zero-order valence-corrected chi connectivity index (χ0v) is 20.5. The molecule has 0 unspecified atom stereocenters. The van der Waals surface area contributed by atoms with Crippen LogP contribution in [0.4, 0.5) is 0 Å². The number of carbonyl (C=O) groups excluding carboxylic acids is 1. The first-order valence-corrected chi connectivity index (χ1v) is 12.4. The number of aryl methyl sites for hydroxylation is 2. The van der Waals surface area contributed by atoms with Crippen LogP contribution in [0.1, 0.15) is 85.5 Å². The van der Waals surface area contributed by atoms with Crippen LogP contribution in [0.15, 0.2) is 30.5 Å². The Bertz CT molecular complexity index is 1040. The number of aliphatic carboxylic acids is 1. The first-order valence-electron chi connectivity index (χ1n) is 12.0. The monoisotopic (exact) mass is 467 g/mol. The van der Waals surface area contributed by atoms with Gasteiger partial charge in [-0.15, -0.1) is 0 Å². The first-order chi connectivity index (χ1) is 15.8. The van der Waals surface area contributed by atoms with Gasteiger partial charge in [-0.2, -0.15) is 0 Å². The molecule has 1 aromatic heterocycles. The molecule has 33 heavy (non-hydrogen) atoms. The van der Waals surface area contributed by atoms with E-state index in [0.29, 0.717) is 11.5 Å². The van der Waals surface area contributed by atoms with Crippen LogP contribution in [0.3, 0.4) is 0 Å². The zero-order valence-electron chi connectivity index (χ0n) is 19.7. The van der Waals surface area contributed by atoms with E-state index in [1.54, 1.807) is 0 Å². The molecule has 1 heterocycles. The van der Waals surface area contributed by atoms with Gasteiger partial charge >= 0.3 is 5.97 Å². The van der Waals surface area contributed by atoms with Crippen molar-refractivity contribution in [3.05, 3.63) is 57.9 Å². The predicted molar refractivity (Wildman–Crippen MR) is 133 cm³/mol. The smallest absolute Gasteiger partial charge is 0.303 e. The van der Waals surface area contributed by atoms with Gasteiger partial charge in [-0.05, 0) is 62.1 Å². The average molecular weight is 468 g/mol. The lowest BCUT2D eigenvalue weighted by Gasteiger charge is -2.11. The Morgan fingerprint density at radius 3 is 2.55 bits per heavy atom. The van der Waals surface area contributed by atoms with Gasteiger partial charge in [0.25, 0.3) is 0 Å². The van der Waals surface area contributed by atoms with E-state index in [9.17, 15) is 9.59 Å². The minimum Gasteiger partial charge on any atom is -0.481 e. The highest BCUT2D eigenvalue weighted by Gasteiger charge is 2.23. The highest BCUT2D eigenvalue weighted by Crippen LogP contribution is 2.29. The SMILES string of the molecule is C[C@H](CC(=O)O)CC(=O)c1c(C#CC2CC2)cn(C)c1CCCCCCc1cccc(Cl)c1. The normalized spacial score (nSPS) is 13.9. The van der Waals surface area contributed by atoms with Crippen LogP contribution in [0.25, 0.3) is 0 Å². The summed E-state index contributed by atoms with van der Waals surface area (Å²) in [6.45, 7) is 1.82. The number of aromatic nitrogens is 1. The van der Waals surface area contributed by atoms with E-state index in [0.717, 1.165) is 67.6 Å². The second-order valence-electron chi connectivity index (χ2n) is 9.39. The second-order valence-corrected chi connectivity index (χ2v) is 9.83. The molecule has 4 nitrogen and oxygen atoms in total. The van der Waals surface area contributed by atoms with E-state index in [1.807, 2.05) is 42.9 Å². The number of hydrogen-bond acceptors (Lipinski definition) is 2. The van der Waals surface area contributed by atoms with Gasteiger partial charge in [0, 0.05) is 42.7 Å². The molecule has 176 valence electrons. The Balaban J connectivity index is 1.60. The Hall–Kier alpha value is -2.51. The third-order valence-electron chi connectivity index (χ3n) is 6.15. The first kappa shape index (κ1) is 25.1. The van der Waals surface area contributed by atoms with Crippen molar-refractivity contribution < 1.29 is 14.7 Å². The number of carboxylic acids is 1. The molecule has 2 aromatic rings. The molecule has 3 rings (SSSR count). The van der Waals surface area contributed by atoms with Crippen LogP contribution < -0.4 is 0 Å². The average Bonchev–Trinajstić information content (AvgIpc) is 3.51. The maximum Gasteiger partial charge on any atom is 0.303 e. The summed E-state index contributed by atoms with van der Waals surface area (Å²) in [5.41, 5.74) is 3.80. The molecule has 0 radical (unpaired) electrons. The standard InChI is InChI=1S/C28H34ClNO3/c1-20(17-27(32)33)16-26(31)28-23(15-14-21-12-13-21)19-30(2)25(28)11-6-4-3-5-8-22-9-7-10-24(29)18-22/h7,9-10,18-21H,3-6,8,11-13,16-17H2,1-2H3,(H,32,33)/t20-/m0/s1. The number of unbranched alkanes of at least 4 members (excludes halogenated alkanes) is 3. The summed E-state index contributed by atoms with van der Waals surface area (Å²) in [6.07, 6.45) is 10.7. The van der Waals surface area contributed by atoms with Crippen molar-refractivity contribution in [1.29, 1.82) is 0 Å². The summed E-state index contributed by atoms with van der Waals surface area (Å²) in [5, 5.41) is 9.85. The summed E-state index contributed by atoms with van der Waals surface area (Å²) < 4.78 is 2.04. The van der Waals surface area contributed by atoms with Gasteiger partial charge in [0.1, 0.15) is 0 Å². The van der Waals surface area contributed by atoms with E-state index in [1.165, 1.54) is 5.56 Å². The van der Waals surface area contributed by atoms with E-state index in [4.69, 9.17) is 16.7 Å². The second kappa shape index (κ2) is 12.1. The third kappa shape index (κ3) is 8.09. The van der Waals surface area contributed by atoms with Gasteiger partial charge in [-0.1, -0.05) is 55.3 Å². The molecule has 0 bridgehead atoms. The molecule has 1 aliphatic rings. The number of halogens is 1. The molecule has 0 amide bonds. The Morgan fingerprint density at radius 2 is 1.88 bits per heavy atom. The van der Waals surface area contributed by atoms with Crippen LogP contribution >= 0.6 is 11.6 Å². The number of Topliss-reactive ketones (excluding diaryl/α,β-unsaturated/α-hetero) is 1. The van der Waals surface area contributed by atoms with Crippen LogP contribution in [-0.2, 0) is 24.7 Å². The molecule has 0 saturated heterocycles. The predicted octanol–water partition coefficient (Wildman–Crippen LogP) is 6.47. The Labute approximate surface area is 202 Å². The van der Waals surface area contributed by atoms with E-state index >= 15 is 0 Å². The Morgan fingerprint density at radius 1 is 1.15 bits per heavy atom. The maximum atomic E-state index is 13.2. The van der Waals surface area contributed by atoms with Gasteiger partial charge in [0.15, 0.2) is 5.78 Å². The molecule has 1 atom stereocenters. The molecule has 1 aromatic carbocycles. The number of nitrogens with zero attached hydrogens (tertiary/aromatic N) is 1. The quantitative estimate of drug-likeness (QED) is 0.221. The van der Waals surface area contributed by atoms with Crippen molar-refractivity contribution >= 4 is 23.4 Å². The number of rotatable bonds is 12. The van der Waals surface area contributed by atoms with Crippen molar-refractivity contribution in [1.82, 2.24) is 4.57 Å². The highest BCUT2D eigenvalue weighted by molar-refractivity contribution is 6.30. The molecule has 1 saturated carbocycles. The molecular weight excluding hydrogens is 434 g/mol. The fraction of sp³-hybridized carbons (Fsp3) is 0.500. The van der Waals surface area contributed by atoms with Crippen molar-refractivity contribution in [2.24, 2.45) is 18.9 Å². The Kier molecular flexibility index (Phi) is 9.21. The van der Waals surface area contributed by atoms with Gasteiger partial charge in [-0.3, -0.25) is 9.59 Å². The molecule has 5 heteroatoms. The van der Waals surface area contributed by atoms with Crippen molar-refractivity contribution in [2.75, 3.05) is 0 Å². The molecule has 0 spiro atoms. The molecular formula is C28H34ClNO3. The number of carboxylic acid groups (broad SMARTS) is 1. The molecule has 1 N–H and O–H groups in total. The van der Waals surface area contributed by atoms with E-state index in [-0.39, 0.29) is 24.5 Å². The van der Waals surface area contributed by atoms with Crippen LogP contribution in [0.5, 0.6) is 0 Å². The fourth-order valence-corrected chi connectivity index (χ4v) is 4.45. The molecule has 0 aliphatic heterocycles. The lowest BCUT2D eigenvalue weighted by molar-refractivity contribution is -0.137. The van der Waals surface area contributed by atoms with Crippen molar-refractivity contribution in [2.45, 2.75) is 71.1 Å². The molecule has 1 aliphatic carbocycles. The summed E-state index contributed by atoms with van der Waals surface area (Å²) >= 11 is 6.06. The lowest BCUT2D eigenvalue weighted by Crippen LogP contribution is -2.13. The van der Waals surface area contributed by atoms with Crippen LogP contribution in [0.2, 0.25) is 5.02 Å². The fourth-order valence-electron chi connectivity index (χ4n) is 4.24. The minimum atomic E-state index is -0.866. The van der Waals surface area contributed by atoms with E-state index in [2.05, 4.69) is 17.9 Å². The number of benzene rings is 1. The number of hydrogen-bond donors (Lipinski definition) is 1. The maximum absolute atomic E-state index is 13.2. The largest absolute Gasteiger partial charge is 0.481 e. The van der Waals surface area contributed by atoms with Gasteiger partial charge in [0.05, 0.1) is 11.1 Å². The zero-order chi connectivity index (χ0) is 23.8. The molecule has 1 fully saturated rings. The number of ketones is 1. The topological polar surface area (TPSA) is 59.3 Å². The van der Waals surface area contributed by atoms with Crippen LogP contribution in [-0.4, -0.2) is 21.4 Å². The summed E-state index contributed by atoms with van der Waals surface area (Å²) in [5.74, 6) is 5.94. The number of carbonyl (C=O) groups is 2. The summed E-state index contributed by atoms with van der Waals surface area (Å²) in [6, 6.07) is 8.03. The van der Waals surface area contributed by atoms with Gasteiger partial charge < -0.3 is 9.67 Å². The van der Waals surface area contributed by atoms with Gasteiger partial charge in [-0.25, -0.2) is 0 Å². The van der Waals surface area contributed by atoms with Crippen molar-refractivity contribution in [3.63, 3.8) is 0 Å². The summed E-state index contributed by atoms with van der Waals surface area (Å²) in [7, 11) is 1.98. The van der Waals surface area contributed by atoms with Gasteiger partial charge in [0.2, 0.25) is 0 Å².